The van der Waals surface area contributed by atoms with Crippen LogP contribution in [0.5, 0.6) is 0 Å². The second-order valence-corrected chi connectivity index (χ2v) is 4.56. The molecular formula is C14H15ClN4O. The zero-order chi connectivity index (χ0) is 14.4. The second kappa shape index (κ2) is 6.86. The lowest BCUT2D eigenvalue weighted by Crippen LogP contribution is -2.15. The number of nitrogens with one attached hydrogen (secondary N) is 2. The number of hydrogen-bond acceptors (Lipinski definition) is 4. The van der Waals surface area contributed by atoms with Crippen molar-refractivity contribution in [3.05, 3.63) is 47.4 Å². The molecule has 0 atom stereocenters. The Labute approximate surface area is 122 Å². The van der Waals surface area contributed by atoms with Gasteiger partial charge in [-0.3, -0.25) is 4.79 Å². The van der Waals surface area contributed by atoms with Gasteiger partial charge in [0, 0.05) is 12.6 Å². The van der Waals surface area contributed by atoms with Crippen molar-refractivity contribution < 1.29 is 4.79 Å². The van der Waals surface area contributed by atoms with Crippen LogP contribution in [0.3, 0.4) is 0 Å². The van der Waals surface area contributed by atoms with E-state index in [9.17, 15) is 4.79 Å². The number of rotatable bonds is 5. The molecule has 0 spiro atoms. The predicted octanol–water partition coefficient (Wildman–Crippen LogP) is 3.20. The van der Waals surface area contributed by atoms with Gasteiger partial charge in [-0.05, 0) is 18.6 Å². The number of aromatic nitrogens is 2. The number of para-hydroxylation sites is 1. The molecule has 0 unspecified atom stereocenters. The molecule has 0 bridgehead atoms. The van der Waals surface area contributed by atoms with Crippen LogP contribution in [0.25, 0.3) is 0 Å². The van der Waals surface area contributed by atoms with Gasteiger partial charge in [0.15, 0.2) is 0 Å². The Kier molecular flexibility index (Phi) is 4.90. The summed E-state index contributed by atoms with van der Waals surface area (Å²) in [7, 11) is 0. The van der Waals surface area contributed by atoms with Gasteiger partial charge >= 0.3 is 0 Å². The normalized spacial score (nSPS) is 10.1. The van der Waals surface area contributed by atoms with E-state index in [1.165, 1.54) is 6.33 Å². The van der Waals surface area contributed by atoms with Crippen molar-refractivity contribution in [1.29, 1.82) is 0 Å². The summed E-state index contributed by atoms with van der Waals surface area (Å²) in [5, 5.41) is 6.31. The highest BCUT2D eigenvalue weighted by atomic mass is 35.5. The lowest BCUT2D eigenvalue weighted by molar-refractivity contribution is 0.102. The molecule has 2 aromatic rings. The summed E-state index contributed by atoms with van der Waals surface area (Å²) in [5.74, 6) is 0.311. The Morgan fingerprint density at radius 2 is 2.10 bits per heavy atom. The second-order valence-electron chi connectivity index (χ2n) is 4.15. The van der Waals surface area contributed by atoms with E-state index < -0.39 is 0 Å². The molecule has 2 N–H and O–H groups in total. The van der Waals surface area contributed by atoms with Gasteiger partial charge in [0.1, 0.15) is 17.8 Å². The van der Waals surface area contributed by atoms with E-state index in [1.54, 1.807) is 30.3 Å². The highest BCUT2D eigenvalue weighted by molar-refractivity contribution is 6.33. The molecule has 0 aliphatic heterocycles. The van der Waals surface area contributed by atoms with Crippen LogP contribution in [-0.4, -0.2) is 22.4 Å². The maximum atomic E-state index is 12.1. The van der Waals surface area contributed by atoms with Gasteiger partial charge in [-0.15, -0.1) is 0 Å². The third-order valence-corrected chi connectivity index (χ3v) is 2.91. The molecule has 6 heteroatoms. The van der Waals surface area contributed by atoms with Crippen molar-refractivity contribution in [2.45, 2.75) is 13.3 Å². The van der Waals surface area contributed by atoms with Crippen LogP contribution in [0, 0.1) is 0 Å². The van der Waals surface area contributed by atoms with Crippen LogP contribution in [0.15, 0.2) is 36.7 Å². The zero-order valence-electron chi connectivity index (χ0n) is 11.1. The molecule has 0 radical (unpaired) electrons. The smallest absolute Gasteiger partial charge is 0.274 e. The van der Waals surface area contributed by atoms with Crippen molar-refractivity contribution in [2.75, 3.05) is 17.2 Å². The Hall–Kier alpha value is -2.14. The lowest BCUT2D eigenvalue weighted by atomic mass is 10.3. The monoisotopic (exact) mass is 290 g/mol. The molecule has 1 amide bonds. The fourth-order valence-electron chi connectivity index (χ4n) is 1.58. The maximum absolute atomic E-state index is 12.1. The summed E-state index contributed by atoms with van der Waals surface area (Å²) >= 11 is 6.00. The number of amides is 1. The van der Waals surface area contributed by atoms with E-state index in [4.69, 9.17) is 11.6 Å². The minimum atomic E-state index is -0.319. The summed E-state index contributed by atoms with van der Waals surface area (Å²) in [6.07, 6.45) is 2.34. The van der Waals surface area contributed by atoms with E-state index >= 15 is 0 Å². The standard InChI is InChI=1S/C14H15ClN4O/c1-2-7-16-13-8-12(17-9-18-13)14(20)19-11-6-4-3-5-10(11)15/h3-6,8-9H,2,7H2,1H3,(H,19,20)(H,16,17,18). The van der Waals surface area contributed by atoms with Crippen molar-refractivity contribution in [3.8, 4) is 0 Å². The van der Waals surface area contributed by atoms with Crippen molar-refractivity contribution in [2.24, 2.45) is 0 Å². The van der Waals surface area contributed by atoms with Crippen LogP contribution in [0.1, 0.15) is 23.8 Å². The molecule has 20 heavy (non-hydrogen) atoms. The number of carbonyl (C=O) groups excluding carboxylic acids is 1. The molecule has 1 heterocycles. The topological polar surface area (TPSA) is 66.9 Å². The lowest BCUT2D eigenvalue weighted by Gasteiger charge is -2.08. The quantitative estimate of drug-likeness (QED) is 0.887. The Bertz CT molecular complexity index is 603. The molecular weight excluding hydrogens is 276 g/mol. The average molecular weight is 291 g/mol. The summed E-state index contributed by atoms with van der Waals surface area (Å²) in [4.78, 5) is 20.1. The van der Waals surface area contributed by atoms with Crippen molar-refractivity contribution >= 4 is 29.0 Å². The molecule has 0 aliphatic rings. The van der Waals surface area contributed by atoms with E-state index in [1.807, 2.05) is 0 Å². The minimum Gasteiger partial charge on any atom is -0.370 e. The van der Waals surface area contributed by atoms with Crippen LogP contribution >= 0.6 is 11.6 Å². The van der Waals surface area contributed by atoms with Crippen LogP contribution in [0.4, 0.5) is 11.5 Å². The number of nitrogens with zero attached hydrogens (tertiary/aromatic N) is 2. The minimum absolute atomic E-state index is 0.290. The first kappa shape index (κ1) is 14.3. The fraction of sp³-hybridized carbons (Fsp3) is 0.214. The summed E-state index contributed by atoms with van der Waals surface area (Å²) in [5.41, 5.74) is 0.847. The van der Waals surface area contributed by atoms with Gasteiger partial charge in [-0.25, -0.2) is 9.97 Å². The third kappa shape index (κ3) is 3.68. The summed E-state index contributed by atoms with van der Waals surface area (Å²) in [6, 6.07) is 8.66. The summed E-state index contributed by atoms with van der Waals surface area (Å²) < 4.78 is 0. The van der Waals surface area contributed by atoms with Gasteiger partial charge in [0.25, 0.3) is 5.91 Å². The highest BCUT2D eigenvalue weighted by Crippen LogP contribution is 2.21. The number of benzene rings is 1. The number of hydrogen-bond donors (Lipinski definition) is 2. The van der Waals surface area contributed by atoms with Crippen LogP contribution in [-0.2, 0) is 0 Å². The number of anilines is 2. The first-order valence-corrected chi connectivity index (χ1v) is 6.70. The first-order chi connectivity index (χ1) is 9.70. The van der Waals surface area contributed by atoms with E-state index in [2.05, 4.69) is 27.5 Å². The van der Waals surface area contributed by atoms with E-state index in [0.29, 0.717) is 22.2 Å². The predicted molar refractivity (Wildman–Crippen MR) is 80.2 cm³/mol. The Morgan fingerprint density at radius 1 is 1.30 bits per heavy atom. The van der Waals surface area contributed by atoms with Crippen molar-refractivity contribution in [1.82, 2.24) is 9.97 Å². The van der Waals surface area contributed by atoms with Crippen molar-refractivity contribution in [3.63, 3.8) is 0 Å². The van der Waals surface area contributed by atoms with Gasteiger partial charge in [0.05, 0.1) is 10.7 Å². The number of halogens is 1. The third-order valence-electron chi connectivity index (χ3n) is 2.58. The van der Waals surface area contributed by atoms with Crippen LogP contribution < -0.4 is 10.6 Å². The largest absolute Gasteiger partial charge is 0.370 e. The molecule has 0 aliphatic carbocycles. The molecule has 0 fully saturated rings. The molecule has 2 rings (SSSR count). The summed E-state index contributed by atoms with van der Waals surface area (Å²) in [6.45, 7) is 2.85. The van der Waals surface area contributed by atoms with E-state index in [0.717, 1.165) is 13.0 Å². The zero-order valence-corrected chi connectivity index (χ0v) is 11.8. The molecule has 5 nitrogen and oxygen atoms in total. The molecule has 1 aromatic carbocycles. The molecule has 104 valence electrons. The number of carbonyl (C=O) groups is 1. The molecule has 0 saturated heterocycles. The fourth-order valence-corrected chi connectivity index (χ4v) is 1.76. The van der Waals surface area contributed by atoms with Gasteiger partial charge in [-0.1, -0.05) is 30.7 Å². The van der Waals surface area contributed by atoms with E-state index in [-0.39, 0.29) is 5.91 Å². The Balaban J connectivity index is 2.11. The maximum Gasteiger partial charge on any atom is 0.274 e. The molecule has 0 saturated carbocycles. The average Bonchev–Trinajstić information content (AvgIpc) is 2.48. The van der Waals surface area contributed by atoms with Crippen LogP contribution in [0.2, 0.25) is 5.02 Å². The van der Waals surface area contributed by atoms with Gasteiger partial charge in [0.2, 0.25) is 0 Å². The van der Waals surface area contributed by atoms with Gasteiger partial charge in [-0.2, -0.15) is 0 Å². The highest BCUT2D eigenvalue weighted by Gasteiger charge is 2.10. The van der Waals surface area contributed by atoms with Gasteiger partial charge < -0.3 is 10.6 Å². The first-order valence-electron chi connectivity index (χ1n) is 6.32. The SMILES string of the molecule is CCCNc1cc(C(=O)Nc2ccccc2Cl)ncn1. The molecule has 1 aromatic heterocycles. The Morgan fingerprint density at radius 3 is 2.85 bits per heavy atom.